The van der Waals surface area contributed by atoms with E-state index in [1.54, 1.807) is 0 Å². The predicted molar refractivity (Wildman–Crippen MR) is 83.5 cm³/mol. The van der Waals surface area contributed by atoms with Gasteiger partial charge < -0.3 is 4.90 Å². The minimum Gasteiger partial charge on any atom is -0.342 e. The molecule has 1 saturated heterocycles. The second-order valence-electron chi connectivity index (χ2n) is 7.20. The summed E-state index contributed by atoms with van der Waals surface area (Å²) in [6.45, 7) is 10.5. The summed E-state index contributed by atoms with van der Waals surface area (Å²) in [5.41, 5.74) is 0.918. The summed E-state index contributed by atoms with van der Waals surface area (Å²) in [4.78, 5) is 14.9. The molecule has 2 nitrogen and oxygen atoms in total. The maximum Gasteiger partial charge on any atom is 0.228 e. The molecular formula is C18H27NO. The summed E-state index contributed by atoms with van der Waals surface area (Å²) in [7, 11) is 0. The number of amides is 1. The van der Waals surface area contributed by atoms with E-state index in [1.807, 2.05) is 18.2 Å². The van der Waals surface area contributed by atoms with Crippen molar-refractivity contribution in [2.45, 2.75) is 40.5 Å². The summed E-state index contributed by atoms with van der Waals surface area (Å²) >= 11 is 0. The first kappa shape index (κ1) is 15.1. The van der Waals surface area contributed by atoms with Gasteiger partial charge in [-0.3, -0.25) is 4.79 Å². The van der Waals surface area contributed by atoms with Gasteiger partial charge in [0.25, 0.3) is 0 Å². The molecule has 0 N–H and O–H groups in total. The minimum absolute atomic E-state index is 0.305. The highest BCUT2D eigenvalue weighted by Gasteiger charge is 2.35. The maximum atomic E-state index is 12.8. The Hall–Kier alpha value is -1.31. The number of hydrogen-bond acceptors (Lipinski definition) is 1. The summed E-state index contributed by atoms with van der Waals surface area (Å²) < 4.78 is 0. The molecule has 1 aliphatic heterocycles. The van der Waals surface area contributed by atoms with Gasteiger partial charge in [0.2, 0.25) is 5.91 Å². The Kier molecular flexibility index (Phi) is 4.52. The highest BCUT2D eigenvalue weighted by atomic mass is 16.2. The van der Waals surface area contributed by atoms with Crippen LogP contribution in [0.2, 0.25) is 0 Å². The molecule has 0 saturated carbocycles. The minimum atomic E-state index is -0.321. The lowest BCUT2D eigenvalue weighted by Crippen LogP contribution is -2.48. The lowest BCUT2D eigenvalue weighted by Gasteiger charge is -2.39. The number of hydrogen-bond donors (Lipinski definition) is 0. The number of nitrogens with zero attached hydrogens (tertiary/aromatic N) is 1. The molecule has 1 amide bonds. The van der Waals surface area contributed by atoms with E-state index in [0.717, 1.165) is 19.5 Å². The van der Waals surface area contributed by atoms with Gasteiger partial charge in [-0.2, -0.15) is 0 Å². The second kappa shape index (κ2) is 5.99. The number of carbonyl (C=O) groups is 1. The molecular weight excluding hydrogens is 246 g/mol. The van der Waals surface area contributed by atoms with Crippen molar-refractivity contribution in [3.63, 3.8) is 0 Å². The number of benzene rings is 1. The van der Waals surface area contributed by atoms with Crippen molar-refractivity contribution in [3.05, 3.63) is 35.9 Å². The van der Waals surface area contributed by atoms with Gasteiger partial charge >= 0.3 is 0 Å². The van der Waals surface area contributed by atoms with Gasteiger partial charge in [0.15, 0.2) is 0 Å². The lowest BCUT2D eigenvalue weighted by molar-refractivity contribution is -0.143. The van der Waals surface area contributed by atoms with Crippen molar-refractivity contribution >= 4 is 5.91 Å². The summed E-state index contributed by atoms with van der Waals surface area (Å²) in [5.74, 6) is 1.55. The monoisotopic (exact) mass is 273 g/mol. The number of rotatable bonds is 3. The molecule has 0 spiro atoms. The molecule has 1 heterocycles. The molecule has 0 radical (unpaired) electrons. The van der Waals surface area contributed by atoms with Crippen LogP contribution in [0.25, 0.3) is 0 Å². The summed E-state index contributed by atoms with van der Waals surface area (Å²) in [6, 6.07) is 10.3. The van der Waals surface area contributed by atoms with Crippen LogP contribution in [0.15, 0.2) is 30.3 Å². The normalized spacial score (nSPS) is 23.7. The van der Waals surface area contributed by atoms with E-state index in [0.29, 0.717) is 17.7 Å². The van der Waals surface area contributed by atoms with E-state index >= 15 is 0 Å². The first-order chi connectivity index (χ1) is 9.38. The van der Waals surface area contributed by atoms with E-state index in [-0.39, 0.29) is 5.41 Å². The van der Waals surface area contributed by atoms with Crippen LogP contribution in [-0.4, -0.2) is 23.9 Å². The molecule has 1 aliphatic rings. The Bertz CT molecular complexity index is 442. The molecule has 0 aromatic heterocycles. The van der Waals surface area contributed by atoms with Crippen LogP contribution >= 0.6 is 0 Å². The third-order valence-corrected chi connectivity index (χ3v) is 4.22. The van der Waals surface area contributed by atoms with Crippen LogP contribution < -0.4 is 0 Å². The number of carbonyl (C=O) groups excluding carboxylic acids is 1. The predicted octanol–water partition coefficient (Wildman–Crippen LogP) is 3.76. The fourth-order valence-corrected chi connectivity index (χ4v) is 3.44. The van der Waals surface area contributed by atoms with Crippen LogP contribution in [0, 0.1) is 17.3 Å². The number of likely N-dealkylation sites (tertiary alicyclic amines) is 1. The van der Waals surface area contributed by atoms with Gasteiger partial charge in [0.05, 0.1) is 0 Å². The zero-order valence-electron chi connectivity index (χ0n) is 13.2. The van der Waals surface area contributed by atoms with Crippen LogP contribution in [-0.2, 0) is 11.2 Å². The van der Waals surface area contributed by atoms with Gasteiger partial charge in [0, 0.05) is 18.5 Å². The molecule has 0 bridgehead atoms. The first-order valence-corrected chi connectivity index (χ1v) is 7.72. The molecule has 2 rings (SSSR count). The second-order valence-corrected chi connectivity index (χ2v) is 7.20. The third-order valence-electron chi connectivity index (χ3n) is 4.22. The fraction of sp³-hybridized carbons (Fsp3) is 0.611. The highest BCUT2D eigenvalue weighted by Crippen LogP contribution is 2.29. The van der Waals surface area contributed by atoms with E-state index in [2.05, 4.69) is 44.7 Å². The van der Waals surface area contributed by atoms with E-state index in [4.69, 9.17) is 0 Å². The molecule has 2 atom stereocenters. The summed E-state index contributed by atoms with van der Waals surface area (Å²) in [6.07, 6.45) is 2.05. The Morgan fingerprint density at radius 2 is 1.70 bits per heavy atom. The molecule has 1 aromatic rings. The van der Waals surface area contributed by atoms with Crippen molar-refractivity contribution < 1.29 is 4.79 Å². The topological polar surface area (TPSA) is 20.3 Å². The molecule has 2 unspecified atom stereocenters. The zero-order valence-corrected chi connectivity index (χ0v) is 13.2. The van der Waals surface area contributed by atoms with Crippen molar-refractivity contribution in [1.82, 2.24) is 4.90 Å². The quantitative estimate of drug-likeness (QED) is 0.821. The van der Waals surface area contributed by atoms with Crippen LogP contribution in [0.1, 0.15) is 39.7 Å². The Morgan fingerprint density at radius 1 is 1.15 bits per heavy atom. The Balaban J connectivity index is 2.06. The van der Waals surface area contributed by atoms with Crippen molar-refractivity contribution in [2.24, 2.45) is 17.3 Å². The average Bonchev–Trinajstić information content (AvgIpc) is 2.37. The largest absolute Gasteiger partial charge is 0.342 e. The van der Waals surface area contributed by atoms with E-state index in [9.17, 15) is 4.79 Å². The van der Waals surface area contributed by atoms with Crippen molar-refractivity contribution in [3.8, 4) is 0 Å². The fourth-order valence-electron chi connectivity index (χ4n) is 3.44. The molecule has 1 aromatic carbocycles. The van der Waals surface area contributed by atoms with Gasteiger partial charge in [-0.1, -0.05) is 58.0 Å². The van der Waals surface area contributed by atoms with Crippen LogP contribution in [0.5, 0.6) is 0 Å². The molecule has 110 valence electrons. The smallest absolute Gasteiger partial charge is 0.228 e. The van der Waals surface area contributed by atoms with Crippen molar-refractivity contribution in [1.29, 1.82) is 0 Å². The van der Waals surface area contributed by atoms with Gasteiger partial charge in [-0.15, -0.1) is 0 Å². The van der Waals surface area contributed by atoms with Crippen molar-refractivity contribution in [2.75, 3.05) is 13.1 Å². The standard InChI is InChI=1S/C18H27NO/c1-14-10-15(2)13-19(12-14)17(20)18(3,4)11-16-8-6-5-7-9-16/h5-9,14-15H,10-13H2,1-4H3. The first-order valence-electron chi connectivity index (χ1n) is 7.72. The molecule has 2 heteroatoms. The molecule has 0 aliphatic carbocycles. The summed E-state index contributed by atoms with van der Waals surface area (Å²) in [5, 5.41) is 0. The maximum absolute atomic E-state index is 12.8. The van der Waals surface area contributed by atoms with Gasteiger partial charge in [-0.05, 0) is 30.2 Å². The van der Waals surface area contributed by atoms with E-state index in [1.165, 1.54) is 12.0 Å². The number of piperidine rings is 1. The van der Waals surface area contributed by atoms with Crippen LogP contribution in [0.3, 0.4) is 0 Å². The van der Waals surface area contributed by atoms with Crippen LogP contribution in [0.4, 0.5) is 0 Å². The molecule has 1 fully saturated rings. The van der Waals surface area contributed by atoms with E-state index < -0.39 is 0 Å². The Morgan fingerprint density at radius 3 is 2.25 bits per heavy atom. The highest BCUT2D eigenvalue weighted by molar-refractivity contribution is 5.82. The molecule has 20 heavy (non-hydrogen) atoms. The zero-order chi connectivity index (χ0) is 14.8. The lowest BCUT2D eigenvalue weighted by atomic mass is 9.82. The third kappa shape index (κ3) is 3.62. The average molecular weight is 273 g/mol. The van der Waals surface area contributed by atoms with Gasteiger partial charge in [-0.25, -0.2) is 0 Å². The Labute approximate surface area is 123 Å². The van der Waals surface area contributed by atoms with Gasteiger partial charge in [0.1, 0.15) is 0 Å². The SMILES string of the molecule is CC1CC(C)CN(C(=O)C(C)(C)Cc2ccccc2)C1.